The summed E-state index contributed by atoms with van der Waals surface area (Å²) in [4.78, 5) is 0. The molecule has 0 aromatic heterocycles. The molecule has 0 saturated heterocycles. The van der Waals surface area contributed by atoms with Gasteiger partial charge in [0.15, 0.2) is 11.5 Å². The van der Waals surface area contributed by atoms with Crippen LogP contribution in [-0.4, -0.2) is 31.0 Å². The molecule has 0 bridgehead atoms. The number of hydrogen-bond acceptors (Lipinski definition) is 4. The molecule has 0 aliphatic carbocycles. The van der Waals surface area contributed by atoms with Gasteiger partial charge in [0, 0.05) is 18.3 Å². The molecule has 3 nitrogen and oxygen atoms in total. The maximum absolute atomic E-state index is 12.0. The Morgan fingerprint density at radius 1 is 1.24 bits per heavy atom. The van der Waals surface area contributed by atoms with Gasteiger partial charge >= 0.3 is 5.51 Å². The molecule has 0 aliphatic rings. The van der Waals surface area contributed by atoms with E-state index in [1.165, 1.54) is 7.11 Å². The summed E-state index contributed by atoms with van der Waals surface area (Å²) in [6, 6.07) is 5.78. The third kappa shape index (κ3) is 7.47. The van der Waals surface area contributed by atoms with Gasteiger partial charge in [0.2, 0.25) is 0 Å². The summed E-state index contributed by atoms with van der Waals surface area (Å²) in [5.41, 5.74) is -3.24. The first kappa shape index (κ1) is 18.0. The number of benzene rings is 1. The van der Waals surface area contributed by atoms with Crippen LogP contribution in [0.4, 0.5) is 13.2 Å². The van der Waals surface area contributed by atoms with Crippen molar-refractivity contribution in [2.24, 2.45) is 0 Å². The van der Waals surface area contributed by atoms with Gasteiger partial charge in [-0.2, -0.15) is 13.2 Å². The van der Waals surface area contributed by atoms with Crippen LogP contribution in [0, 0.1) is 0 Å². The number of halogens is 3. The Morgan fingerprint density at radius 2 is 1.95 bits per heavy atom. The third-order valence-corrected chi connectivity index (χ3v) is 3.25. The molecule has 0 aliphatic heterocycles. The van der Waals surface area contributed by atoms with E-state index in [2.05, 4.69) is 5.32 Å². The minimum Gasteiger partial charge on any atom is -0.493 e. The SMILES string of the molecule is COc1ccc(CNC(C)C)cc1OCCSC(F)(F)F. The lowest BCUT2D eigenvalue weighted by atomic mass is 10.2. The Morgan fingerprint density at radius 3 is 2.52 bits per heavy atom. The van der Waals surface area contributed by atoms with Crippen molar-refractivity contribution in [1.29, 1.82) is 0 Å². The fraction of sp³-hybridized carbons (Fsp3) is 0.571. The fourth-order valence-electron chi connectivity index (χ4n) is 1.57. The van der Waals surface area contributed by atoms with Gasteiger partial charge in [-0.25, -0.2) is 0 Å². The van der Waals surface area contributed by atoms with Crippen molar-refractivity contribution >= 4 is 11.8 Å². The highest BCUT2D eigenvalue weighted by Crippen LogP contribution is 2.31. The lowest BCUT2D eigenvalue weighted by Gasteiger charge is -2.14. The Balaban J connectivity index is 2.59. The van der Waals surface area contributed by atoms with E-state index in [9.17, 15) is 13.2 Å². The second-order valence-electron chi connectivity index (χ2n) is 4.66. The molecular weight excluding hydrogens is 303 g/mol. The van der Waals surface area contributed by atoms with Crippen molar-refractivity contribution < 1.29 is 22.6 Å². The van der Waals surface area contributed by atoms with Crippen LogP contribution in [0.2, 0.25) is 0 Å². The number of methoxy groups -OCH3 is 1. The van der Waals surface area contributed by atoms with Gasteiger partial charge in [-0.15, -0.1) is 0 Å². The maximum Gasteiger partial charge on any atom is 0.441 e. The average molecular weight is 323 g/mol. The quantitative estimate of drug-likeness (QED) is 0.737. The van der Waals surface area contributed by atoms with E-state index in [0.717, 1.165) is 5.56 Å². The van der Waals surface area contributed by atoms with Gasteiger partial charge in [0.25, 0.3) is 0 Å². The van der Waals surface area contributed by atoms with Gasteiger partial charge in [-0.3, -0.25) is 0 Å². The highest BCUT2D eigenvalue weighted by molar-refractivity contribution is 8.00. The highest BCUT2D eigenvalue weighted by Gasteiger charge is 2.27. The smallest absolute Gasteiger partial charge is 0.441 e. The van der Waals surface area contributed by atoms with E-state index in [0.29, 0.717) is 24.1 Å². The van der Waals surface area contributed by atoms with Crippen molar-refractivity contribution in [3.63, 3.8) is 0 Å². The molecule has 7 heteroatoms. The second kappa shape index (κ2) is 8.38. The normalized spacial score (nSPS) is 11.8. The van der Waals surface area contributed by atoms with Crippen molar-refractivity contribution in [2.45, 2.75) is 31.9 Å². The van der Waals surface area contributed by atoms with Crippen LogP contribution < -0.4 is 14.8 Å². The zero-order valence-corrected chi connectivity index (χ0v) is 13.1. The third-order valence-electron chi connectivity index (χ3n) is 2.55. The molecule has 0 unspecified atom stereocenters. The average Bonchev–Trinajstić information content (AvgIpc) is 2.40. The minimum absolute atomic E-state index is 0.0262. The highest BCUT2D eigenvalue weighted by atomic mass is 32.2. The number of ether oxygens (including phenoxy) is 2. The van der Waals surface area contributed by atoms with Gasteiger partial charge in [0.1, 0.15) is 0 Å². The number of rotatable bonds is 8. The summed E-state index contributed by atoms with van der Waals surface area (Å²) >= 11 is -0.0935. The van der Waals surface area contributed by atoms with Crippen LogP contribution >= 0.6 is 11.8 Å². The molecule has 0 radical (unpaired) electrons. The fourth-order valence-corrected chi connectivity index (χ4v) is 1.97. The molecule has 0 atom stereocenters. The predicted molar refractivity (Wildman–Crippen MR) is 79.0 cm³/mol. The summed E-state index contributed by atoms with van der Waals surface area (Å²) in [6.45, 7) is 4.71. The van der Waals surface area contributed by atoms with Crippen LogP contribution in [0.5, 0.6) is 11.5 Å². The minimum atomic E-state index is -4.23. The van der Waals surface area contributed by atoms with Crippen molar-refractivity contribution in [1.82, 2.24) is 5.32 Å². The van der Waals surface area contributed by atoms with Crippen molar-refractivity contribution in [2.75, 3.05) is 19.5 Å². The predicted octanol–water partition coefficient (Wildman–Crippen LogP) is 3.83. The van der Waals surface area contributed by atoms with E-state index in [1.54, 1.807) is 12.1 Å². The van der Waals surface area contributed by atoms with Crippen LogP contribution in [0.3, 0.4) is 0 Å². The largest absolute Gasteiger partial charge is 0.493 e. The molecule has 0 heterocycles. The molecule has 0 saturated carbocycles. The molecule has 1 aromatic carbocycles. The first-order chi connectivity index (χ1) is 9.81. The van der Waals surface area contributed by atoms with Crippen molar-refractivity contribution in [3.05, 3.63) is 23.8 Å². The summed E-state index contributed by atoms with van der Waals surface area (Å²) < 4.78 is 46.7. The van der Waals surface area contributed by atoms with E-state index >= 15 is 0 Å². The molecule has 1 N–H and O–H groups in total. The lowest BCUT2D eigenvalue weighted by molar-refractivity contribution is -0.0329. The van der Waals surface area contributed by atoms with E-state index < -0.39 is 5.51 Å². The Kier molecular flexibility index (Phi) is 7.17. The topological polar surface area (TPSA) is 30.5 Å². The first-order valence-corrected chi connectivity index (χ1v) is 7.54. The van der Waals surface area contributed by atoms with Gasteiger partial charge in [-0.05, 0) is 29.5 Å². The molecule has 21 heavy (non-hydrogen) atoms. The second-order valence-corrected chi connectivity index (χ2v) is 5.82. The number of thioether (sulfide) groups is 1. The molecule has 120 valence electrons. The van der Waals surface area contributed by atoms with E-state index in [1.807, 2.05) is 19.9 Å². The van der Waals surface area contributed by atoms with E-state index in [4.69, 9.17) is 9.47 Å². The molecule has 0 spiro atoms. The standard InChI is InChI=1S/C14H20F3NO2S/c1-10(2)18-9-11-4-5-12(19-3)13(8-11)20-6-7-21-14(15,16)17/h4-5,8,10,18H,6-7,9H2,1-3H3. The summed E-state index contributed by atoms with van der Waals surface area (Å²) in [7, 11) is 1.50. The van der Waals surface area contributed by atoms with E-state index in [-0.39, 0.29) is 24.1 Å². The van der Waals surface area contributed by atoms with Crippen LogP contribution in [0.15, 0.2) is 18.2 Å². The summed E-state index contributed by atoms with van der Waals surface area (Å²) in [5.74, 6) is 0.824. The molecule has 1 rings (SSSR count). The van der Waals surface area contributed by atoms with Crippen LogP contribution in [0.1, 0.15) is 19.4 Å². The molecule has 0 amide bonds. The maximum atomic E-state index is 12.0. The number of alkyl halides is 3. The Bertz CT molecular complexity index is 439. The number of hydrogen-bond donors (Lipinski definition) is 1. The monoisotopic (exact) mass is 323 g/mol. The number of nitrogens with one attached hydrogen (secondary N) is 1. The molecule has 1 aromatic rings. The van der Waals surface area contributed by atoms with Crippen LogP contribution in [-0.2, 0) is 6.54 Å². The first-order valence-electron chi connectivity index (χ1n) is 6.55. The Hall–Kier alpha value is -1.08. The Labute approximate surface area is 127 Å². The zero-order chi connectivity index (χ0) is 15.9. The molecular formula is C14H20F3NO2S. The van der Waals surface area contributed by atoms with Gasteiger partial charge in [-0.1, -0.05) is 19.9 Å². The summed E-state index contributed by atoms with van der Waals surface area (Å²) in [5, 5.41) is 3.26. The van der Waals surface area contributed by atoms with Crippen LogP contribution in [0.25, 0.3) is 0 Å². The summed E-state index contributed by atoms with van der Waals surface area (Å²) in [6.07, 6.45) is 0. The van der Waals surface area contributed by atoms with Crippen molar-refractivity contribution in [3.8, 4) is 11.5 Å². The lowest BCUT2D eigenvalue weighted by Crippen LogP contribution is -2.21. The van der Waals surface area contributed by atoms with Gasteiger partial charge in [0.05, 0.1) is 13.7 Å². The van der Waals surface area contributed by atoms with Gasteiger partial charge < -0.3 is 14.8 Å². The molecule has 0 fully saturated rings. The zero-order valence-electron chi connectivity index (χ0n) is 12.3.